The van der Waals surface area contributed by atoms with Crippen LogP contribution in [0.25, 0.3) is 0 Å². The van der Waals surface area contributed by atoms with Gasteiger partial charge in [0, 0.05) is 6.42 Å². The molecule has 0 unspecified atom stereocenters. The normalized spacial score (nSPS) is 18.8. The van der Waals surface area contributed by atoms with E-state index in [0.29, 0.717) is 12.3 Å². The maximum absolute atomic E-state index is 11.5. The summed E-state index contributed by atoms with van der Waals surface area (Å²) in [5.41, 5.74) is 0. The second-order valence-corrected chi connectivity index (χ2v) is 4.31. The summed E-state index contributed by atoms with van der Waals surface area (Å²) in [6.07, 6.45) is 2.63. The fourth-order valence-corrected chi connectivity index (χ4v) is 2.26. The van der Waals surface area contributed by atoms with Crippen LogP contribution in [0.2, 0.25) is 0 Å². The van der Waals surface area contributed by atoms with Crippen molar-refractivity contribution in [3.8, 4) is 0 Å². The summed E-state index contributed by atoms with van der Waals surface area (Å²) in [5, 5.41) is 0. The molecule has 0 saturated carbocycles. The fraction of sp³-hybridized carbons (Fsp3) is 0.750. The summed E-state index contributed by atoms with van der Waals surface area (Å²) in [5.74, 6) is 0.294. The Kier molecular flexibility index (Phi) is 6.91. The molecule has 0 spiro atoms. The van der Waals surface area contributed by atoms with Gasteiger partial charge in [-0.2, -0.15) is 0 Å². The Morgan fingerprint density at radius 2 is 1.94 bits per heavy atom. The van der Waals surface area contributed by atoms with E-state index >= 15 is 0 Å². The third-order valence-corrected chi connectivity index (χ3v) is 3.53. The van der Waals surface area contributed by atoms with Gasteiger partial charge in [0.1, 0.15) is 0 Å². The van der Waals surface area contributed by atoms with Crippen LogP contribution >= 0.6 is 0 Å². The Balaban J connectivity index is 0.00000225. The molecule has 1 amide bonds. The highest BCUT2D eigenvalue weighted by Gasteiger charge is 2.31. The molecule has 1 saturated heterocycles. The van der Waals surface area contributed by atoms with Gasteiger partial charge in [0.25, 0.3) is 0 Å². The Labute approximate surface area is 109 Å². The third kappa shape index (κ3) is 3.59. The van der Waals surface area contributed by atoms with Gasteiger partial charge in [0.2, 0.25) is 5.91 Å². The molecule has 1 heterocycles. The lowest BCUT2D eigenvalue weighted by molar-refractivity contribution is -0.924. The van der Waals surface area contributed by atoms with E-state index in [2.05, 4.69) is 13.5 Å². The molecule has 1 rings (SSSR count). The summed E-state index contributed by atoms with van der Waals surface area (Å²) >= 11 is 0. The lowest BCUT2D eigenvalue weighted by Crippen LogP contribution is -3.00. The number of carbonyl (C=O) groups is 1. The van der Waals surface area contributed by atoms with E-state index in [9.17, 15) is 4.79 Å². The van der Waals surface area contributed by atoms with Gasteiger partial charge in [-0.15, -0.1) is 0 Å². The van der Waals surface area contributed by atoms with Crippen molar-refractivity contribution in [1.82, 2.24) is 4.90 Å². The van der Waals surface area contributed by atoms with Gasteiger partial charge >= 0.3 is 0 Å². The first-order chi connectivity index (χ1) is 7.17. The zero-order valence-corrected chi connectivity index (χ0v) is 12.0. The summed E-state index contributed by atoms with van der Waals surface area (Å²) in [7, 11) is 0. The maximum Gasteiger partial charge on any atom is 0.222 e. The first kappa shape index (κ1) is 15.7. The number of piperazine rings is 1. The monoisotopic (exact) mass is 290 g/mol. The van der Waals surface area contributed by atoms with Crippen LogP contribution in [0.3, 0.4) is 0 Å². The Morgan fingerprint density at radius 3 is 2.31 bits per heavy atom. The van der Waals surface area contributed by atoms with E-state index in [-0.39, 0.29) is 17.0 Å². The van der Waals surface area contributed by atoms with Crippen molar-refractivity contribution < 1.29 is 26.3 Å². The Bertz CT molecular complexity index is 235. The van der Waals surface area contributed by atoms with E-state index in [0.717, 1.165) is 43.8 Å². The molecule has 1 aliphatic rings. The van der Waals surface area contributed by atoms with E-state index in [4.69, 9.17) is 0 Å². The van der Waals surface area contributed by atoms with Crippen LogP contribution in [0.15, 0.2) is 12.7 Å². The minimum absolute atomic E-state index is 0. The second kappa shape index (κ2) is 7.07. The predicted octanol–water partition coefficient (Wildman–Crippen LogP) is -1.73. The number of halogens is 1. The van der Waals surface area contributed by atoms with Gasteiger partial charge in [0.15, 0.2) is 0 Å². The van der Waals surface area contributed by atoms with Gasteiger partial charge in [-0.1, -0.05) is 13.5 Å². The molecule has 4 heteroatoms. The standard InChI is InChI=1S/C12H23N2O.BrH/c1-4-9-14(6-3)10-7-13(8-11-14)12(15)5-2;/h4H,1,5-11H2,2-3H3;1H/q+1;/p-1. The molecule has 16 heavy (non-hydrogen) atoms. The average Bonchev–Trinajstić information content (AvgIpc) is 2.29. The van der Waals surface area contributed by atoms with Crippen molar-refractivity contribution >= 4 is 5.91 Å². The highest BCUT2D eigenvalue weighted by Crippen LogP contribution is 2.13. The second-order valence-electron chi connectivity index (χ2n) is 4.31. The van der Waals surface area contributed by atoms with Crippen LogP contribution in [0, 0.1) is 0 Å². The number of amides is 1. The molecule has 94 valence electrons. The molecule has 0 aromatic heterocycles. The lowest BCUT2D eigenvalue weighted by Gasteiger charge is -2.43. The third-order valence-electron chi connectivity index (χ3n) is 3.53. The van der Waals surface area contributed by atoms with Crippen molar-refractivity contribution in [1.29, 1.82) is 0 Å². The molecule has 3 nitrogen and oxygen atoms in total. The van der Waals surface area contributed by atoms with Gasteiger partial charge in [-0.05, 0) is 13.0 Å². The Morgan fingerprint density at radius 1 is 1.38 bits per heavy atom. The highest BCUT2D eigenvalue weighted by atomic mass is 79.9. The van der Waals surface area contributed by atoms with E-state index in [1.165, 1.54) is 0 Å². The predicted molar refractivity (Wildman–Crippen MR) is 62.5 cm³/mol. The molecule has 0 N–H and O–H groups in total. The van der Waals surface area contributed by atoms with Gasteiger partial charge in [-0.25, -0.2) is 0 Å². The van der Waals surface area contributed by atoms with Crippen LogP contribution in [-0.4, -0.2) is 54.6 Å². The Hall–Kier alpha value is -0.350. The van der Waals surface area contributed by atoms with Gasteiger partial charge in [-0.3, -0.25) is 4.79 Å². The van der Waals surface area contributed by atoms with Crippen LogP contribution < -0.4 is 17.0 Å². The van der Waals surface area contributed by atoms with Crippen molar-refractivity contribution in [3.63, 3.8) is 0 Å². The molecular formula is C12H23BrN2O. The number of likely N-dealkylation sites (N-methyl/N-ethyl adjacent to an activating group) is 1. The van der Waals surface area contributed by atoms with Crippen LogP contribution in [0.5, 0.6) is 0 Å². The highest BCUT2D eigenvalue weighted by molar-refractivity contribution is 5.75. The smallest absolute Gasteiger partial charge is 0.222 e. The maximum atomic E-state index is 11.5. The van der Waals surface area contributed by atoms with Crippen molar-refractivity contribution in [2.75, 3.05) is 39.3 Å². The molecule has 0 aromatic rings. The van der Waals surface area contributed by atoms with Crippen LogP contribution in [0.4, 0.5) is 0 Å². The largest absolute Gasteiger partial charge is 1.00 e. The average molecular weight is 291 g/mol. The SMILES string of the molecule is C=CC[N+]1(CC)CCN(C(=O)CC)CC1.[Br-]. The molecule has 1 aliphatic heterocycles. The molecule has 0 aliphatic carbocycles. The number of carbonyl (C=O) groups excluding carboxylic acids is 1. The van der Waals surface area contributed by atoms with Crippen LogP contribution in [0.1, 0.15) is 20.3 Å². The number of rotatable bonds is 4. The van der Waals surface area contributed by atoms with Gasteiger partial charge < -0.3 is 26.4 Å². The molecule has 1 fully saturated rings. The molecule has 0 radical (unpaired) electrons. The van der Waals surface area contributed by atoms with Crippen molar-refractivity contribution in [3.05, 3.63) is 12.7 Å². The zero-order chi connectivity index (χ0) is 11.3. The number of quaternary nitrogens is 1. The summed E-state index contributed by atoms with van der Waals surface area (Å²) < 4.78 is 1.09. The number of hydrogen-bond donors (Lipinski definition) is 0. The molecule has 0 aromatic carbocycles. The van der Waals surface area contributed by atoms with Gasteiger partial charge in [0.05, 0.1) is 39.3 Å². The first-order valence-electron chi connectivity index (χ1n) is 5.91. The summed E-state index contributed by atoms with van der Waals surface area (Å²) in [4.78, 5) is 13.5. The van der Waals surface area contributed by atoms with E-state index in [1.54, 1.807) is 0 Å². The fourth-order valence-electron chi connectivity index (χ4n) is 2.26. The molecular weight excluding hydrogens is 268 g/mol. The quantitative estimate of drug-likeness (QED) is 0.445. The topological polar surface area (TPSA) is 20.3 Å². The zero-order valence-electron chi connectivity index (χ0n) is 10.4. The summed E-state index contributed by atoms with van der Waals surface area (Å²) in [6, 6.07) is 0. The first-order valence-corrected chi connectivity index (χ1v) is 5.91. The van der Waals surface area contributed by atoms with Crippen molar-refractivity contribution in [2.45, 2.75) is 20.3 Å². The van der Waals surface area contributed by atoms with Crippen LogP contribution in [-0.2, 0) is 4.79 Å². The van der Waals surface area contributed by atoms with E-state index < -0.39 is 0 Å². The minimum atomic E-state index is 0. The van der Waals surface area contributed by atoms with Crippen molar-refractivity contribution in [2.24, 2.45) is 0 Å². The lowest BCUT2D eigenvalue weighted by atomic mass is 10.2. The molecule has 0 bridgehead atoms. The summed E-state index contributed by atoms with van der Waals surface area (Å²) in [6.45, 7) is 14.1. The minimum Gasteiger partial charge on any atom is -1.00 e. The number of nitrogens with zero attached hydrogens (tertiary/aromatic N) is 2. The van der Waals surface area contributed by atoms with E-state index in [1.807, 2.05) is 17.9 Å². The molecule has 0 atom stereocenters. The number of hydrogen-bond acceptors (Lipinski definition) is 1.